The van der Waals surface area contributed by atoms with Crippen LogP contribution >= 0.6 is 0 Å². The molecule has 0 spiro atoms. The van der Waals surface area contributed by atoms with Crippen molar-refractivity contribution in [1.82, 2.24) is 10.6 Å². The van der Waals surface area contributed by atoms with E-state index in [0.29, 0.717) is 5.92 Å². The summed E-state index contributed by atoms with van der Waals surface area (Å²) in [5.41, 5.74) is 0.0847. The fraction of sp³-hybridized carbons (Fsp3) is 0.900. The minimum absolute atomic E-state index is 0.0250. The highest BCUT2D eigenvalue weighted by Crippen LogP contribution is 2.55. The van der Waals surface area contributed by atoms with E-state index in [9.17, 15) is 9.59 Å². The first-order chi connectivity index (χ1) is 12.0. The average Bonchev–Trinajstić information content (AvgIpc) is 2.58. The van der Waals surface area contributed by atoms with Gasteiger partial charge in [0.1, 0.15) is 0 Å². The lowest BCUT2D eigenvalue weighted by Gasteiger charge is -2.56. The summed E-state index contributed by atoms with van der Waals surface area (Å²) in [4.78, 5) is 24.1. The Kier molecular flexibility index (Phi) is 4.67. The maximum Gasteiger partial charge on any atom is 0.315 e. The molecule has 0 radical (unpaired) electrons. The SMILES string of the molecule is COC(=O)C1CCC(CNC(=O)NC23CC4CC(CC(C4)C2)C3)CC1. The lowest BCUT2D eigenvalue weighted by molar-refractivity contribution is -0.146. The van der Waals surface area contributed by atoms with Gasteiger partial charge >= 0.3 is 12.0 Å². The highest BCUT2D eigenvalue weighted by Gasteiger charge is 2.51. The van der Waals surface area contributed by atoms with E-state index in [4.69, 9.17) is 4.74 Å². The first-order valence-corrected chi connectivity index (χ1v) is 10.2. The molecule has 0 aromatic rings. The molecule has 0 saturated heterocycles. The molecular weight excluding hydrogens is 316 g/mol. The molecule has 5 rings (SSSR count). The van der Waals surface area contributed by atoms with Crippen LogP contribution in [0.4, 0.5) is 4.79 Å². The Morgan fingerprint density at radius 3 is 2.04 bits per heavy atom. The van der Waals surface area contributed by atoms with E-state index in [0.717, 1.165) is 50.0 Å². The van der Waals surface area contributed by atoms with Crippen LogP contribution in [0.5, 0.6) is 0 Å². The summed E-state index contributed by atoms with van der Waals surface area (Å²) in [5, 5.41) is 6.50. The molecule has 25 heavy (non-hydrogen) atoms. The Hall–Kier alpha value is -1.26. The summed E-state index contributed by atoms with van der Waals surface area (Å²) in [6.45, 7) is 0.728. The molecular formula is C20H32N2O3. The molecule has 5 aliphatic rings. The molecule has 0 atom stereocenters. The number of methoxy groups -OCH3 is 1. The lowest BCUT2D eigenvalue weighted by atomic mass is 9.53. The van der Waals surface area contributed by atoms with E-state index < -0.39 is 0 Å². The van der Waals surface area contributed by atoms with Crippen LogP contribution in [0.25, 0.3) is 0 Å². The third-order valence-electron chi connectivity index (χ3n) is 7.35. The largest absolute Gasteiger partial charge is 0.469 e. The number of urea groups is 1. The third-order valence-corrected chi connectivity index (χ3v) is 7.35. The van der Waals surface area contributed by atoms with Gasteiger partial charge in [-0.25, -0.2) is 4.79 Å². The number of carbonyl (C=O) groups is 2. The molecule has 2 N–H and O–H groups in total. The normalized spacial score (nSPS) is 42.0. The molecule has 5 fully saturated rings. The summed E-state index contributed by atoms with van der Waals surface area (Å²) in [6, 6.07) is 0.0250. The summed E-state index contributed by atoms with van der Waals surface area (Å²) in [7, 11) is 1.46. The average molecular weight is 348 g/mol. The second-order valence-electron chi connectivity index (χ2n) is 9.27. The summed E-state index contributed by atoms with van der Waals surface area (Å²) >= 11 is 0. The van der Waals surface area contributed by atoms with Gasteiger partial charge in [0.05, 0.1) is 13.0 Å². The Bertz CT molecular complexity index is 490. The number of nitrogens with one attached hydrogen (secondary N) is 2. The van der Waals surface area contributed by atoms with E-state index in [1.165, 1.54) is 45.6 Å². The molecule has 5 saturated carbocycles. The van der Waals surface area contributed by atoms with Crippen LogP contribution in [0, 0.1) is 29.6 Å². The van der Waals surface area contributed by atoms with Crippen molar-refractivity contribution in [2.45, 2.75) is 69.7 Å². The third kappa shape index (κ3) is 3.65. The number of hydrogen-bond donors (Lipinski definition) is 2. The first kappa shape index (κ1) is 17.2. The molecule has 4 bridgehead atoms. The zero-order valence-electron chi connectivity index (χ0n) is 15.4. The Morgan fingerprint density at radius 2 is 1.52 bits per heavy atom. The van der Waals surface area contributed by atoms with Crippen molar-refractivity contribution in [2.24, 2.45) is 29.6 Å². The van der Waals surface area contributed by atoms with Crippen molar-refractivity contribution < 1.29 is 14.3 Å². The van der Waals surface area contributed by atoms with Gasteiger partial charge in [-0.2, -0.15) is 0 Å². The molecule has 0 aliphatic heterocycles. The van der Waals surface area contributed by atoms with E-state index in [-0.39, 0.29) is 23.5 Å². The standard InChI is InChI=1S/C20H32N2O3/c1-25-18(23)17-4-2-13(3-5-17)12-21-19(24)22-20-9-14-6-15(10-20)8-16(7-14)11-20/h13-17H,2-12H2,1H3,(H2,21,22,24). The van der Waals surface area contributed by atoms with Gasteiger partial charge in [-0.15, -0.1) is 0 Å². The molecule has 140 valence electrons. The quantitative estimate of drug-likeness (QED) is 0.767. The summed E-state index contributed by atoms with van der Waals surface area (Å²) in [5.74, 6) is 3.01. The molecule has 5 nitrogen and oxygen atoms in total. The van der Waals surface area contributed by atoms with Crippen LogP contribution in [0.1, 0.15) is 64.2 Å². The van der Waals surface area contributed by atoms with Gasteiger partial charge in [-0.1, -0.05) is 0 Å². The monoisotopic (exact) mass is 348 g/mol. The van der Waals surface area contributed by atoms with Crippen LogP contribution < -0.4 is 10.6 Å². The number of hydrogen-bond acceptors (Lipinski definition) is 3. The van der Waals surface area contributed by atoms with E-state index in [1.54, 1.807) is 0 Å². The maximum absolute atomic E-state index is 12.5. The second-order valence-corrected chi connectivity index (χ2v) is 9.27. The highest BCUT2D eigenvalue weighted by atomic mass is 16.5. The molecule has 5 aliphatic carbocycles. The van der Waals surface area contributed by atoms with E-state index in [1.807, 2.05) is 0 Å². The van der Waals surface area contributed by atoms with Gasteiger partial charge < -0.3 is 15.4 Å². The van der Waals surface area contributed by atoms with Gasteiger partial charge in [0.25, 0.3) is 0 Å². The van der Waals surface area contributed by atoms with Crippen molar-refractivity contribution in [3.8, 4) is 0 Å². The zero-order valence-corrected chi connectivity index (χ0v) is 15.4. The lowest BCUT2D eigenvalue weighted by Crippen LogP contribution is -2.61. The van der Waals surface area contributed by atoms with Crippen molar-refractivity contribution in [3.05, 3.63) is 0 Å². The smallest absolute Gasteiger partial charge is 0.315 e. The summed E-state index contributed by atoms with van der Waals surface area (Å²) < 4.78 is 4.84. The van der Waals surface area contributed by atoms with Crippen molar-refractivity contribution in [3.63, 3.8) is 0 Å². The van der Waals surface area contributed by atoms with Crippen molar-refractivity contribution >= 4 is 12.0 Å². The van der Waals surface area contributed by atoms with Crippen LogP contribution in [-0.2, 0) is 9.53 Å². The van der Waals surface area contributed by atoms with Gasteiger partial charge in [-0.3, -0.25) is 4.79 Å². The van der Waals surface area contributed by atoms with E-state index in [2.05, 4.69) is 10.6 Å². The topological polar surface area (TPSA) is 67.4 Å². The van der Waals surface area contributed by atoms with Crippen LogP contribution in [0.15, 0.2) is 0 Å². The van der Waals surface area contributed by atoms with Crippen LogP contribution in [0.3, 0.4) is 0 Å². The molecule has 0 unspecified atom stereocenters. The van der Waals surface area contributed by atoms with Gasteiger partial charge in [0.2, 0.25) is 0 Å². The predicted octanol–water partition coefficient (Wildman–Crippen LogP) is 3.23. The van der Waals surface area contributed by atoms with Crippen molar-refractivity contribution in [1.29, 1.82) is 0 Å². The highest BCUT2D eigenvalue weighted by molar-refractivity contribution is 5.75. The first-order valence-electron chi connectivity index (χ1n) is 10.2. The minimum Gasteiger partial charge on any atom is -0.469 e. The zero-order chi connectivity index (χ0) is 17.4. The van der Waals surface area contributed by atoms with Gasteiger partial charge in [-0.05, 0) is 87.9 Å². The molecule has 2 amide bonds. The van der Waals surface area contributed by atoms with E-state index >= 15 is 0 Å². The number of ether oxygens (including phenoxy) is 1. The molecule has 0 aromatic carbocycles. The second kappa shape index (κ2) is 6.81. The van der Waals surface area contributed by atoms with Gasteiger partial charge in [0.15, 0.2) is 0 Å². The molecule has 0 aromatic heterocycles. The minimum atomic E-state index is -0.0778. The Labute approximate surface area is 150 Å². The fourth-order valence-electron chi connectivity index (χ4n) is 6.55. The Morgan fingerprint density at radius 1 is 0.960 bits per heavy atom. The van der Waals surface area contributed by atoms with Crippen molar-refractivity contribution in [2.75, 3.05) is 13.7 Å². The summed E-state index contributed by atoms with van der Waals surface area (Å²) in [6.07, 6.45) is 11.5. The van der Waals surface area contributed by atoms with Gasteiger partial charge in [0, 0.05) is 12.1 Å². The number of amides is 2. The number of carbonyl (C=O) groups excluding carboxylic acids is 2. The van der Waals surface area contributed by atoms with Crippen LogP contribution in [0.2, 0.25) is 0 Å². The molecule has 0 heterocycles. The number of rotatable bonds is 4. The van der Waals surface area contributed by atoms with Crippen LogP contribution in [-0.4, -0.2) is 31.2 Å². The fourth-order valence-corrected chi connectivity index (χ4v) is 6.55. The predicted molar refractivity (Wildman–Crippen MR) is 94.9 cm³/mol. The number of esters is 1. The Balaban J connectivity index is 1.22. The molecule has 5 heteroatoms. The maximum atomic E-state index is 12.5.